The third kappa shape index (κ3) is 4.64. The molecule has 0 bridgehead atoms. The van der Waals surface area contributed by atoms with E-state index in [-0.39, 0.29) is 24.1 Å². The largest absolute Gasteiger partial charge is 0.359 e. The third-order valence-corrected chi connectivity index (χ3v) is 4.36. The van der Waals surface area contributed by atoms with Gasteiger partial charge >= 0.3 is 0 Å². The Morgan fingerprint density at radius 1 is 1.17 bits per heavy atom. The first-order chi connectivity index (χ1) is 10.7. The molecule has 23 heavy (non-hydrogen) atoms. The molecule has 2 aliphatic rings. The van der Waals surface area contributed by atoms with Crippen LogP contribution in [0.4, 0.5) is 4.39 Å². The zero-order chi connectivity index (χ0) is 15.4. The molecule has 0 saturated carbocycles. The fraction of sp³-hybridized carbons (Fsp3) is 0.444. The lowest BCUT2D eigenvalue weighted by atomic mass is 9.92. The Bertz CT molecular complexity index is 556. The molecular formula is C18H23ClFNO2. The van der Waals surface area contributed by atoms with Crippen LogP contribution in [0.1, 0.15) is 24.3 Å². The summed E-state index contributed by atoms with van der Waals surface area (Å²) in [5.41, 5.74) is 0.607. The lowest BCUT2D eigenvalue weighted by molar-refractivity contribution is -0.142. The molecule has 1 aliphatic carbocycles. The van der Waals surface area contributed by atoms with Crippen molar-refractivity contribution in [1.82, 2.24) is 5.32 Å². The molecule has 1 saturated heterocycles. The number of rotatable bonds is 4. The van der Waals surface area contributed by atoms with Crippen molar-refractivity contribution in [3.8, 4) is 0 Å². The number of halogens is 2. The van der Waals surface area contributed by atoms with Crippen LogP contribution < -0.4 is 5.32 Å². The van der Waals surface area contributed by atoms with Crippen molar-refractivity contribution in [3.05, 3.63) is 60.0 Å². The van der Waals surface area contributed by atoms with Crippen LogP contribution in [-0.4, -0.2) is 30.6 Å². The number of piperidine rings is 1. The number of allylic oxidation sites excluding steroid dienone is 2. The Balaban J connectivity index is 0.00000192. The minimum Gasteiger partial charge on any atom is -0.359 e. The number of hydrogen-bond donors (Lipinski definition) is 2. The number of hydrogen-bond acceptors (Lipinski definition) is 3. The Labute approximate surface area is 142 Å². The average Bonchev–Trinajstić information content (AvgIpc) is 2.56. The molecule has 3 nitrogen and oxygen atoms in total. The highest BCUT2D eigenvalue weighted by molar-refractivity contribution is 5.85. The van der Waals surface area contributed by atoms with E-state index in [1.807, 2.05) is 6.07 Å². The molecule has 1 aromatic carbocycles. The Kier molecular flexibility index (Phi) is 6.36. The fourth-order valence-electron chi connectivity index (χ4n) is 2.95. The maximum absolute atomic E-state index is 13.8. The summed E-state index contributed by atoms with van der Waals surface area (Å²) in [7, 11) is 0. The maximum Gasteiger partial charge on any atom is 0.205 e. The van der Waals surface area contributed by atoms with Gasteiger partial charge in [0, 0.05) is 5.92 Å². The van der Waals surface area contributed by atoms with E-state index in [1.165, 1.54) is 6.07 Å². The molecule has 0 atom stereocenters. The molecule has 0 spiro atoms. The lowest BCUT2D eigenvalue weighted by Crippen LogP contribution is -2.35. The monoisotopic (exact) mass is 339 g/mol. The van der Waals surface area contributed by atoms with Gasteiger partial charge in [0.2, 0.25) is 5.79 Å². The van der Waals surface area contributed by atoms with Crippen LogP contribution in [0.5, 0.6) is 0 Å². The summed E-state index contributed by atoms with van der Waals surface area (Å²) in [6.07, 6.45) is 8.96. The van der Waals surface area contributed by atoms with Crippen molar-refractivity contribution in [2.45, 2.75) is 24.5 Å². The molecule has 0 amide bonds. The number of nitrogens with one attached hydrogen (secondary N) is 1. The molecule has 1 aromatic rings. The van der Waals surface area contributed by atoms with Gasteiger partial charge in [-0.3, -0.25) is 0 Å². The smallest absolute Gasteiger partial charge is 0.205 e. The van der Waals surface area contributed by atoms with Gasteiger partial charge in [0.15, 0.2) is 0 Å². The molecule has 1 heterocycles. The molecule has 1 aliphatic heterocycles. The number of aliphatic hydroxyl groups is 1. The van der Waals surface area contributed by atoms with E-state index >= 15 is 0 Å². The molecule has 3 rings (SSSR count). The average molecular weight is 340 g/mol. The third-order valence-electron chi connectivity index (χ3n) is 4.36. The Morgan fingerprint density at radius 3 is 2.48 bits per heavy atom. The lowest BCUT2D eigenvalue weighted by Gasteiger charge is -2.29. The second kappa shape index (κ2) is 8.06. The first-order valence-electron chi connectivity index (χ1n) is 7.86. The van der Waals surface area contributed by atoms with Crippen molar-refractivity contribution >= 4 is 12.4 Å². The quantitative estimate of drug-likeness (QED) is 0.654. The van der Waals surface area contributed by atoms with E-state index in [4.69, 9.17) is 4.74 Å². The predicted molar refractivity (Wildman–Crippen MR) is 91.2 cm³/mol. The SMILES string of the molecule is Cl.OC1(OCC2CCNCC2)C=CC(c2ccccc2F)C=C1. The van der Waals surface area contributed by atoms with Crippen LogP contribution >= 0.6 is 12.4 Å². The van der Waals surface area contributed by atoms with Crippen LogP contribution in [0.3, 0.4) is 0 Å². The zero-order valence-electron chi connectivity index (χ0n) is 13.0. The summed E-state index contributed by atoms with van der Waals surface area (Å²) in [5, 5.41) is 13.7. The normalized spacial score (nSPS) is 27.7. The molecule has 0 aromatic heterocycles. The van der Waals surface area contributed by atoms with Gasteiger partial charge in [0.05, 0.1) is 6.61 Å². The van der Waals surface area contributed by atoms with Gasteiger partial charge in [0.1, 0.15) is 5.82 Å². The summed E-state index contributed by atoms with van der Waals surface area (Å²) in [5.74, 6) is -1.28. The molecule has 5 heteroatoms. The van der Waals surface area contributed by atoms with Gasteiger partial charge < -0.3 is 15.2 Å². The molecule has 2 N–H and O–H groups in total. The molecule has 126 valence electrons. The van der Waals surface area contributed by atoms with Crippen LogP contribution in [0.25, 0.3) is 0 Å². The second-order valence-electron chi connectivity index (χ2n) is 6.02. The number of ether oxygens (including phenoxy) is 1. The van der Waals surface area contributed by atoms with Gasteiger partial charge in [-0.2, -0.15) is 0 Å². The van der Waals surface area contributed by atoms with Gasteiger partial charge in [0.25, 0.3) is 0 Å². The predicted octanol–water partition coefficient (Wildman–Crippen LogP) is 3.16. The minimum absolute atomic E-state index is 0. The summed E-state index contributed by atoms with van der Waals surface area (Å²) < 4.78 is 19.5. The first kappa shape index (κ1) is 18.1. The highest BCUT2D eigenvalue weighted by Gasteiger charge is 2.27. The molecule has 0 radical (unpaired) electrons. The van der Waals surface area contributed by atoms with Crippen molar-refractivity contribution < 1.29 is 14.2 Å². The number of benzene rings is 1. The van der Waals surface area contributed by atoms with E-state index in [9.17, 15) is 9.50 Å². The fourth-order valence-corrected chi connectivity index (χ4v) is 2.95. The standard InChI is InChI=1S/C18H22FNO2.ClH/c19-17-4-2-1-3-16(17)15-5-9-18(21,10-6-15)22-13-14-7-11-20-12-8-14;/h1-6,9-10,14-15,20-21H,7-8,11-13H2;1H. The van der Waals surface area contributed by atoms with E-state index < -0.39 is 5.79 Å². The zero-order valence-corrected chi connectivity index (χ0v) is 13.8. The topological polar surface area (TPSA) is 41.5 Å². The van der Waals surface area contributed by atoms with Gasteiger partial charge in [-0.05, 0) is 55.6 Å². The molecular weight excluding hydrogens is 317 g/mol. The summed E-state index contributed by atoms with van der Waals surface area (Å²) in [4.78, 5) is 0. The summed E-state index contributed by atoms with van der Waals surface area (Å²) in [6, 6.07) is 6.70. The van der Waals surface area contributed by atoms with Crippen molar-refractivity contribution in [2.75, 3.05) is 19.7 Å². The van der Waals surface area contributed by atoms with E-state index in [0.717, 1.165) is 25.9 Å². The van der Waals surface area contributed by atoms with Crippen LogP contribution in [0.2, 0.25) is 0 Å². The van der Waals surface area contributed by atoms with Crippen LogP contribution in [0.15, 0.2) is 48.6 Å². The highest BCUT2D eigenvalue weighted by atomic mass is 35.5. The summed E-state index contributed by atoms with van der Waals surface area (Å²) >= 11 is 0. The first-order valence-corrected chi connectivity index (χ1v) is 7.86. The Hall–Kier alpha value is -1.20. The highest BCUT2D eigenvalue weighted by Crippen LogP contribution is 2.29. The van der Waals surface area contributed by atoms with Crippen molar-refractivity contribution in [3.63, 3.8) is 0 Å². The van der Waals surface area contributed by atoms with Crippen molar-refractivity contribution in [1.29, 1.82) is 0 Å². The van der Waals surface area contributed by atoms with E-state index in [1.54, 1.807) is 36.4 Å². The van der Waals surface area contributed by atoms with Crippen LogP contribution in [0, 0.1) is 11.7 Å². The Morgan fingerprint density at radius 2 is 1.83 bits per heavy atom. The summed E-state index contributed by atoms with van der Waals surface area (Å²) in [6.45, 7) is 2.55. The van der Waals surface area contributed by atoms with Gasteiger partial charge in [-0.25, -0.2) is 4.39 Å². The van der Waals surface area contributed by atoms with E-state index in [2.05, 4.69) is 5.32 Å². The molecule has 1 fully saturated rings. The van der Waals surface area contributed by atoms with E-state index in [0.29, 0.717) is 18.1 Å². The second-order valence-corrected chi connectivity index (χ2v) is 6.02. The van der Waals surface area contributed by atoms with Crippen LogP contribution in [-0.2, 0) is 4.74 Å². The van der Waals surface area contributed by atoms with Gasteiger partial charge in [-0.15, -0.1) is 12.4 Å². The van der Waals surface area contributed by atoms with Gasteiger partial charge in [-0.1, -0.05) is 30.4 Å². The molecule has 0 unspecified atom stereocenters. The minimum atomic E-state index is -1.37. The maximum atomic E-state index is 13.8. The van der Waals surface area contributed by atoms with Crippen molar-refractivity contribution in [2.24, 2.45) is 5.92 Å².